The molecule has 1 aliphatic rings. The van der Waals surface area contributed by atoms with Crippen molar-refractivity contribution in [2.24, 2.45) is 0 Å². The first-order valence-corrected chi connectivity index (χ1v) is 9.03. The summed E-state index contributed by atoms with van der Waals surface area (Å²) in [4.78, 5) is 14.7. The van der Waals surface area contributed by atoms with Gasteiger partial charge >= 0.3 is 6.09 Å². The van der Waals surface area contributed by atoms with Crippen LogP contribution in [0.5, 0.6) is 0 Å². The normalized spacial score (nSPS) is 15.8. The molecule has 0 aliphatic carbocycles. The molecule has 1 N–H and O–H groups in total. The van der Waals surface area contributed by atoms with E-state index in [4.69, 9.17) is 28.3 Å². The average molecular weight is 389 g/mol. The molecule has 0 saturated carbocycles. The van der Waals surface area contributed by atoms with E-state index in [2.05, 4.69) is 16.7 Å². The molecule has 1 fully saturated rings. The van der Waals surface area contributed by atoms with Gasteiger partial charge in [-0.2, -0.15) is 0 Å². The van der Waals surface area contributed by atoms with Gasteiger partial charge in [-0.3, -0.25) is 4.90 Å². The van der Waals surface area contributed by atoms with Gasteiger partial charge in [-0.1, -0.05) is 59.3 Å². The summed E-state index contributed by atoms with van der Waals surface area (Å²) >= 11 is 12.4. The number of carboxylic acid groups (broad SMARTS) is 1. The molecule has 2 aromatic carbocycles. The van der Waals surface area contributed by atoms with Gasteiger partial charge in [-0.15, -0.1) is 0 Å². The number of rotatable bonds is 2. The van der Waals surface area contributed by atoms with Gasteiger partial charge in [0.1, 0.15) is 0 Å². The van der Waals surface area contributed by atoms with Crippen LogP contribution in [0.2, 0.25) is 10.0 Å². The zero-order valence-electron chi connectivity index (χ0n) is 14.0. The largest absolute Gasteiger partial charge is 0.465 e. The maximum absolute atomic E-state index is 11.1. The summed E-state index contributed by atoms with van der Waals surface area (Å²) in [5.74, 6) is 6.48. The van der Waals surface area contributed by atoms with Crippen LogP contribution in [0.1, 0.15) is 17.2 Å². The van der Waals surface area contributed by atoms with E-state index in [0.717, 1.165) is 11.1 Å². The number of piperazine rings is 1. The van der Waals surface area contributed by atoms with E-state index in [1.807, 2.05) is 48.5 Å². The molecule has 26 heavy (non-hydrogen) atoms. The van der Waals surface area contributed by atoms with Crippen LogP contribution in [0.3, 0.4) is 0 Å². The lowest BCUT2D eigenvalue weighted by Crippen LogP contribution is -2.49. The van der Waals surface area contributed by atoms with Gasteiger partial charge in [0.25, 0.3) is 0 Å². The predicted molar refractivity (Wildman–Crippen MR) is 104 cm³/mol. The lowest BCUT2D eigenvalue weighted by molar-refractivity contribution is 0.0962. The van der Waals surface area contributed by atoms with Crippen molar-refractivity contribution < 1.29 is 9.90 Å². The van der Waals surface area contributed by atoms with Crippen LogP contribution in [-0.4, -0.2) is 47.2 Å². The van der Waals surface area contributed by atoms with Crippen molar-refractivity contribution in [1.82, 2.24) is 9.80 Å². The van der Waals surface area contributed by atoms with Gasteiger partial charge in [-0.25, -0.2) is 4.79 Å². The van der Waals surface area contributed by atoms with E-state index in [9.17, 15) is 4.79 Å². The minimum atomic E-state index is -0.885. The minimum absolute atomic E-state index is 0.210. The third kappa shape index (κ3) is 4.50. The molecule has 134 valence electrons. The molecular weight excluding hydrogens is 371 g/mol. The first-order valence-electron chi connectivity index (χ1n) is 8.28. The molecule has 6 heteroatoms. The Morgan fingerprint density at radius 3 is 2.42 bits per heavy atom. The number of halogens is 2. The lowest BCUT2D eigenvalue weighted by atomic mass is 10.0. The average Bonchev–Trinajstić information content (AvgIpc) is 2.64. The van der Waals surface area contributed by atoms with E-state index in [-0.39, 0.29) is 6.04 Å². The molecule has 1 aliphatic heterocycles. The first kappa shape index (κ1) is 18.6. The second-order valence-electron chi connectivity index (χ2n) is 6.01. The standard InChI is InChI=1S/C20H18Cl2N2O2/c21-16-5-3-4-15(14-16)8-9-19(17-6-1-2-7-18(17)22)23-10-12-24(13-11-23)20(25)26/h1-7,14,19H,10-13H2,(H,25,26). The monoisotopic (exact) mass is 388 g/mol. The second kappa shape index (κ2) is 8.46. The van der Waals surface area contributed by atoms with E-state index >= 15 is 0 Å². The van der Waals surface area contributed by atoms with E-state index < -0.39 is 6.09 Å². The van der Waals surface area contributed by atoms with Crippen LogP contribution in [-0.2, 0) is 0 Å². The minimum Gasteiger partial charge on any atom is -0.465 e. The third-order valence-electron chi connectivity index (χ3n) is 4.33. The summed E-state index contributed by atoms with van der Waals surface area (Å²) in [6, 6.07) is 14.8. The summed E-state index contributed by atoms with van der Waals surface area (Å²) in [6.07, 6.45) is -0.885. The van der Waals surface area contributed by atoms with Crippen molar-refractivity contribution in [2.45, 2.75) is 6.04 Å². The molecule has 0 bridgehead atoms. The summed E-state index contributed by atoms with van der Waals surface area (Å²) < 4.78 is 0. The van der Waals surface area contributed by atoms with Gasteiger partial charge in [0.15, 0.2) is 0 Å². The van der Waals surface area contributed by atoms with E-state index in [0.29, 0.717) is 36.2 Å². The fourth-order valence-corrected chi connectivity index (χ4v) is 3.38. The Labute approximate surface area is 162 Å². The van der Waals surface area contributed by atoms with Crippen LogP contribution in [0.25, 0.3) is 0 Å². The van der Waals surface area contributed by atoms with Gasteiger partial charge in [0, 0.05) is 41.8 Å². The van der Waals surface area contributed by atoms with Crippen molar-refractivity contribution in [3.63, 3.8) is 0 Å². The highest BCUT2D eigenvalue weighted by Gasteiger charge is 2.26. The Hall–Kier alpha value is -2.19. The van der Waals surface area contributed by atoms with Crippen LogP contribution < -0.4 is 0 Å². The van der Waals surface area contributed by atoms with E-state index in [1.165, 1.54) is 4.90 Å². The summed E-state index contributed by atoms with van der Waals surface area (Å²) in [5.41, 5.74) is 1.76. The first-order chi connectivity index (χ1) is 12.5. The van der Waals surface area contributed by atoms with Crippen LogP contribution in [0.15, 0.2) is 48.5 Å². The Kier molecular flexibility index (Phi) is 6.05. The molecule has 0 aromatic heterocycles. The molecule has 1 saturated heterocycles. The number of hydrogen-bond donors (Lipinski definition) is 1. The third-order valence-corrected chi connectivity index (χ3v) is 4.91. The molecule has 0 spiro atoms. The molecule has 1 heterocycles. The fraction of sp³-hybridized carbons (Fsp3) is 0.250. The molecular formula is C20H18Cl2N2O2. The topological polar surface area (TPSA) is 43.8 Å². The Balaban J connectivity index is 1.89. The zero-order chi connectivity index (χ0) is 18.5. The van der Waals surface area contributed by atoms with Crippen molar-refractivity contribution in [1.29, 1.82) is 0 Å². The smallest absolute Gasteiger partial charge is 0.407 e. The SMILES string of the molecule is O=C(O)N1CCN(C(C#Cc2cccc(Cl)c2)c2ccccc2Cl)CC1. The van der Waals surface area contributed by atoms with Gasteiger partial charge in [0.05, 0.1) is 6.04 Å². The molecule has 2 aromatic rings. The van der Waals surface area contributed by atoms with Crippen LogP contribution in [0.4, 0.5) is 4.79 Å². The zero-order valence-corrected chi connectivity index (χ0v) is 15.5. The molecule has 3 rings (SSSR count). The number of carbonyl (C=O) groups is 1. The molecule has 1 unspecified atom stereocenters. The molecule has 1 atom stereocenters. The number of amides is 1. The number of hydrogen-bond acceptors (Lipinski definition) is 2. The molecule has 1 amide bonds. The van der Waals surface area contributed by atoms with Crippen LogP contribution >= 0.6 is 23.2 Å². The molecule has 0 radical (unpaired) electrons. The number of nitrogens with zero attached hydrogens (tertiary/aromatic N) is 2. The van der Waals surface area contributed by atoms with Crippen LogP contribution in [0, 0.1) is 11.8 Å². The summed E-state index contributed by atoms with van der Waals surface area (Å²) in [5, 5.41) is 10.4. The number of benzene rings is 2. The van der Waals surface area contributed by atoms with Gasteiger partial charge in [0.2, 0.25) is 0 Å². The van der Waals surface area contributed by atoms with Crippen molar-refractivity contribution >= 4 is 29.3 Å². The second-order valence-corrected chi connectivity index (χ2v) is 6.85. The van der Waals surface area contributed by atoms with Crippen molar-refractivity contribution in [3.8, 4) is 11.8 Å². The highest BCUT2D eigenvalue weighted by atomic mass is 35.5. The maximum Gasteiger partial charge on any atom is 0.407 e. The van der Waals surface area contributed by atoms with Crippen molar-refractivity contribution in [3.05, 3.63) is 69.7 Å². The molecule has 4 nitrogen and oxygen atoms in total. The predicted octanol–water partition coefficient (Wildman–Crippen LogP) is 4.38. The Morgan fingerprint density at radius 2 is 1.77 bits per heavy atom. The fourth-order valence-electron chi connectivity index (χ4n) is 2.95. The Bertz CT molecular complexity index is 852. The van der Waals surface area contributed by atoms with E-state index in [1.54, 1.807) is 0 Å². The highest BCUT2D eigenvalue weighted by Crippen LogP contribution is 2.28. The lowest BCUT2D eigenvalue weighted by Gasteiger charge is -2.36. The van der Waals surface area contributed by atoms with Crippen molar-refractivity contribution in [2.75, 3.05) is 26.2 Å². The highest BCUT2D eigenvalue weighted by molar-refractivity contribution is 6.31. The maximum atomic E-state index is 11.1. The Morgan fingerprint density at radius 1 is 1.04 bits per heavy atom. The summed E-state index contributed by atoms with van der Waals surface area (Å²) in [6.45, 7) is 2.11. The van der Waals surface area contributed by atoms with Gasteiger partial charge in [-0.05, 0) is 29.8 Å². The van der Waals surface area contributed by atoms with Gasteiger partial charge < -0.3 is 10.0 Å². The quantitative estimate of drug-likeness (QED) is 0.776. The summed E-state index contributed by atoms with van der Waals surface area (Å²) in [7, 11) is 0.